The Balaban J connectivity index is 2.36. The van der Waals surface area contributed by atoms with E-state index in [9.17, 15) is 14.0 Å². The third-order valence-corrected chi connectivity index (χ3v) is 2.44. The molecule has 0 radical (unpaired) electrons. The van der Waals surface area contributed by atoms with Gasteiger partial charge in [0.1, 0.15) is 0 Å². The van der Waals surface area contributed by atoms with Crippen LogP contribution in [0.1, 0.15) is 11.1 Å². The molecule has 1 N–H and O–H groups in total. The van der Waals surface area contributed by atoms with Crippen LogP contribution in [0, 0.1) is 12.7 Å². The number of benzene rings is 1. The second kappa shape index (κ2) is 4.37. The van der Waals surface area contributed by atoms with E-state index in [0.717, 1.165) is 21.9 Å². The maximum absolute atomic E-state index is 13.0. The zero-order chi connectivity index (χ0) is 12.4. The number of rotatable bonds is 2. The van der Waals surface area contributed by atoms with Crippen molar-refractivity contribution in [1.82, 2.24) is 9.55 Å². The topological polar surface area (TPSA) is 54.9 Å². The number of aryl methyl sites for hydroxylation is 1. The third-order valence-electron chi connectivity index (χ3n) is 2.44. The molecule has 1 aromatic carbocycles. The summed E-state index contributed by atoms with van der Waals surface area (Å²) in [5, 5.41) is 0. The Morgan fingerprint density at radius 1 is 1.24 bits per heavy atom. The largest absolute Gasteiger partial charge is 0.328 e. The number of hydrogen-bond acceptors (Lipinski definition) is 2. The molecule has 1 heterocycles. The summed E-state index contributed by atoms with van der Waals surface area (Å²) < 4.78 is 14.1. The van der Waals surface area contributed by atoms with Crippen molar-refractivity contribution in [2.45, 2.75) is 13.5 Å². The monoisotopic (exact) mass is 234 g/mol. The van der Waals surface area contributed by atoms with Crippen molar-refractivity contribution < 1.29 is 4.39 Å². The minimum absolute atomic E-state index is 0.229. The van der Waals surface area contributed by atoms with Gasteiger partial charge >= 0.3 is 5.69 Å². The van der Waals surface area contributed by atoms with E-state index in [-0.39, 0.29) is 6.54 Å². The second-order valence-electron chi connectivity index (χ2n) is 3.85. The number of nitrogens with one attached hydrogen (secondary N) is 1. The van der Waals surface area contributed by atoms with Gasteiger partial charge in [0, 0.05) is 0 Å². The van der Waals surface area contributed by atoms with Gasteiger partial charge < -0.3 is 0 Å². The second-order valence-corrected chi connectivity index (χ2v) is 3.85. The van der Waals surface area contributed by atoms with Crippen LogP contribution < -0.4 is 11.2 Å². The Kier molecular flexibility index (Phi) is 2.91. The van der Waals surface area contributed by atoms with Crippen LogP contribution in [0.5, 0.6) is 0 Å². The SMILES string of the molecule is Cc1ccc(Cn2cc(F)c(=O)[nH]c2=O)cc1. The Hall–Kier alpha value is -2.17. The maximum atomic E-state index is 13.0. The van der Waals surface area contributed by atoms with Crippen LogP contribution in [0.25, 0.3) is 0 Å². The summed E-state index contributed by atoms with van der Waals surface area (Å²) in [6.07, 6.45) is 0.918. The van der Waals surface area contributed by atoms with E-state index in [2.05, 4.69) is 0 Å². The third kappa shape index (κ3) is 2.50. The minimum atomic E-state index is -0.991. The minimum Gasteiger partial charge on any atom is -0.293 e. The lowest BCUT2D eigenvalue weighted by Crippen LogP contribution is -2.31. The Labute approximate surface area is 96.4 Å². The molecule has 4 nitrogen and oxygen atoms in total. The van der Waals surface area contributed by atoms with Crippen molar-refractivity contribution in [2.24, 2.45) is 0 Å². The Morgan fingerprint density at radius 2 is 1.88 bits per heavy atom. The molecular formula is C12H11FN2O2. The number of aromatic nitrogens is 2. The van der Waals surface area contributed by atoms with Crippen LogP contribution in [0.15, 0.2) is 40.1 Å². The number of aromatic amines is 1. The fourth-order valence-corrected chi connectivity index (χ4v) is 1.49. The summed E-state index contributed by atoms with van der Waals surface area (Å²) in [6, 6.07) is 7.51. The van der Waals surface area contributed by atoms with Gasteiger partial charge in [-0.3, -0.25) is 14.3 Å². The Morgan fingerprint density at radius 3 is 2.53 bits per heavy atom. The zero-order valence-corrected chi connectivity index (χ0v) is 9.24. The van der Waals surface area contributed by atoms with E-state index in [0.29, 0.717) is 0 Å². The lowest BCUT2D eigenvalue weighted by atomic mass is 10.1. The predicted molar refractivity (Wildman–Crippen MR) is 61.6 cm³/mol. The molecule has 1 aromatic heterocycles. The van der Waals surface area contributed by atoms with E-state index in [1.807, 2.05) is 36.2 Å². The van der Waals surface area contributed by atoms with Gasteiger partial charge in [-0.25, -0.2) is 4.79 Å². The van der Waals surface area contributed by atoms with Gasteiger partial charge in [-0.15, -0.1) is 0 Å². The fraction of sp³-hybridized carbons (Fsp3) is 0.167. The van der Waals surface area contributed by atoms with Crippen LogP contribution in [0.2, 0.25) is 0 Å². The summed E-state index contributed by atoms with van der Waals surface area (Å²) in [4.78, 5) is 24.2. The quantitative estimate of drug-likeness (QED) is 0.843. The van der Waals surface area contributed by atoms with E-state index in [4.69, 9.17) is 0 Å². The molecular weight excluding hydrogens is 223 g/mol. The normalized spacial score (nSPS) is 10.5. The smallest absolute Gasteiger partial charge is 0.293 e. The zero-order valence-electron chi connectivity index (χ0n) is 9.24. The van der Waals surface area contributed by atoms with Gasteiger partial charge in [-0.1, -0.05) is 29.8 Å². The highest BCUT2D eigenvalue weighted by Gasteiger charge is 2.03. The van der Waals surface area contributed by atoms with Gasteiger partial charge in [0.2, 0.25) is 5.82 Å². The molecule has 2 aromatic rings. The maximum Gasteiger partial charge on any atom is 0.328 e. The number of hydrogen-bond donors (Lipinski definition) is 1. The van der Waals surface area contributed by atoms with Gasteiger partial charge in [-0.2, -0.15) is 4.39 Å². The first-order valence-corrected chi connectivity index (χ1v) is 5.11. The van der Waals surface area contributed by atoms with Crippen LogP contribution in [0.4, 0.5) is 4.39 Å². The van der Waals surface area contributed by atoms with Gasteiger partial charge in [0.05, 0.1) is 12.7 Å². The molecule has 5 heteroatoms. The molecule has 0 saturated heterocycles. The van der Waals surface area contributed by atoms with Crippen molar-refractivity contribution in [3.8, 4) is 0 Å². The molecule has 2 rings (SSSR count). The highest BCUT2D eigenvalue weighted by Crippen LogP contribution is 2.04. The highest BCUT2D eigenvalue weighted by molar-refractivity contribution is 5.21. The van der Waals surface area contributed by atoms with Crippen molar-refractivity contribution in [3.63, 3.8) is 0 Å². The van der Waals surface area contributed by atoms with Gasteiger partial charge in [-0.05, 0) is 12.5 Å². The van der Waals surface area contributed by atoms with E-state index < -0.39 is 17.1 Å². The van der Waals surface area contributed by atoms with Crippen LogP contribution in [0.3, 0.4) is 0 Å². The molecule has 0 saturated carbocycles. The summed E-state index contributed by atoms with van der Waals surface area (Å²) in [6.45, 7) is 2.18. The number of nitrogens with zero attached hydrogens (tertiary/aromatic N) is 1. The fourth-order valence-electron chi connectivity index (χ4n) is 1.49. The predicted octanol–water partition coefficient (Wildman–Crippen LogP) is 1.03. The average Bonchev–Trinajstić information content (AvgIpc) is 2.29. The lowest BCUT2D eigenvalue weighted by Gasteiger charge is -2.05. The van der Waals surface area contributed by atoms with E-state index in [1.54, 1.807) is 0 Å². The first-order valence-electron chi connectivity index (χ1n) is 5.11. The summed E-state index contributed by atoms with van der Waals surface area (Å²) >= 11 is 0. The number of H-pyrrole nitrogens is 1. The van der Waals surface area contributed by atoms with E-state index in [1.165, 1.54) is 0 Å². The summed E-state index contributed by atoms with van der Waals surface area (Å²) in [7, 11) is 0. The molecule has 0 amide bonds. The molecule has 0 aliphatic carbocycles. The molecule has 0 atom stereocenters. The van der Waals surface area contributed by atoms with E-state index >= 15 is 0 Å². The highest BCUT2D eigenvalue weighted by atomic mass is 19.1. The van der Waals surface area contributed by atoms with Crippen LogP contribution in [-0.2, 0) is 6.54 Å². The van der Waals surface area contributed by atoms with Gasteiger partial charge in [0.15, 0.2) is 0 Å². The van der Waals surface area contributed by atoms with Crippen LogP contribution >= 0.6 is 0 Å². The van der Waals surface area contributed by atoms with Crippen LogP contribution in [-0.4, -0.2) is 9.55 Å². The van der Waals surface area contributed by atoms with Crippen molar-refractivity contribution >= 4 is 0 Å². The van der Waals surface area contributed by atoms with Crippen molar-refractivity contribution in [1.29, 1.82) is 0 Å². The molecule has 0 spiro atoms. The molecule has 0 aliphatic heterocycles. The Bertz CT molecular complexity index is 641. The summed E-state index contributed by atoms with van der Waals surface area (Å²) in [5.74, 6) is -0.961. The molecule has 17 heavy (non-hydrogen) atoms. The standard InChI is InChI=1S/C12H11FN2O2/c1-8-2-4-9(5-3-8)6-15-7-10(13)11(16)14-12(15)17/h2-5,7H,6H2,1H3,(H,14,16,17). The molecule has 0 fully saturated rings. The molecule has 0 aliphatic rings. The molecule has 0 unspecified atom stereocenters. The van der Waals surface area contributed by atoms with Crippen molar-refractivity contribution in [2.75, 3.05) is 0 Å². The average molecular weight is 234 g/mol. The first-order chi connectivity index (χ1) is 8.06. The molecule has 88 valence electrons. The lowest BCUT2D eigenvalue weighted by molar-refractivity contribution is 0.566. The van der Waals surface area contributed by atoms with Gasteiger partial charge in [0.25, 0.3) is 5.56 Å². The van der Waals surface area contributed by atoms with Crippen molar-refractivity contribution in [3.05, 3.63) is 68.2 Å². The molecule has 0 bridgehead atoms. The summed E-state index contributed by atoms with van der Waals surface area (Å²) in [5.41, 5.74) is 0.366. The number of halogens is 1. The first kappa shape index (κ1) is 11.3.